The van der Waals surface area contributed by atoms with Crippen molar-refractivity contribution in [1.82, 2.24) is 10.6 Å². The zero-order valence-corrected chi connectivity index (χ0v) is 18.1. The Morgan fingerprint density at radius 1 is 0.897 bits per heavy atom. The number of benzene rings is 1. The predicted octanol–water partition coefficient (Wildman–Crippen LogP) is 0.798. The van der Waals surface area contributed by atoms with Crippen LogP contribution in [0.3, 0.4) is 0 Å². The zero-order valence-electron chi connectivity index (χ0n) is 16.3. The zero-order chi connectivity index (χ0) is 21.8. The van der Waals surface area contributed by atoms with E-state index in [0.717, 1.165) is 0 Å². The van der Waals surface area contributed by atoms with Crippen LogP contribution in [0.2, 0.25) is 0 Å². The fourth-order valence-corrected chi connectivity index (χ4v) is 2.87. The summed E-state index contributed by atoms with van der Waals surface area (Å²) >= 11 is 8.13. The first-order valence-corrected chi connectivity index (χ1v) is 10.4. The van der Waals surface area contributed by atoms with Crippen molar-refractivity contribution in [3.63, 3.8) is 0 Å². The number of hydrogen-bond donors (Lipinski definition) is 4. The highest BCUT2D eigenvalue weighted by Crippen LogP contribution is 2.11. The Bertz CT molecular complexity index is 728. The summed E-state index contributed by atoms with van der Waals surface area (Å²) in [6.45, 7) is 3.70. The Morgan fingerprint density at radius 2 is 1.41 bits per heavy atom. The van der Waals surface area contributed by atoms with Gasteiger partial charge in [0.15, 0.2) is 0 Å². The Balaban J connectivity index is 2.87. The number of nitrogens with one attached hydrogen (secondary N) is 2. The molecule has 0 saturated heterocycles. The summed E-state index contributed by atoms with van der Waals surface area (Å²) in [6, 6.07) is 4.69. The Morgan fingerprint density at radius 3 is 1.93 bits per heavy atom. The van der Waals surface area contributed by atoms with Crippen molar-refractivity contribution in [3.8, 4) is 0 Å². The molecule has 0 radical (unpaired) electrons. The second kappa shape index (κ2) is 13.1. The maximum Gasteiger partial charge on any atom is 0.329 e. The lowest BCUT2D eigenvalue weighted by Crippen LogP contribution is -2.44. The van der Waals surface area contributed by atoms with Gasteiger partial charge in [0.1, 0.15) is 12.1 Å². The molecule has 0 spiro atoms. The molecule has 2 amide bonds. The van der Waals surface area contributed by atoms with E-state index in [9.17, 15) is 19.2 Å². The summed E-state index contributed by atoms with van der Waals surface area (Å²) in [5.74, 6) is -2.01. The van der Waals surface area contributed by atoms with Gasteiger partial charge in [0, 0.05) is 17.1 Å². The van der Waals surface area contributed by atoms with E-state index in [1.165, 1.54) is 0 Å². The van der Waals surface area contributed by atoms with Crippen LogP contribution in [0.15, 0.2) is 24.3 Å². The molecule has 0 fully saturated rings. The van der Waals surface area contributed by atoms with Gasteiger partial charge in [-0.1, -0.05) is 18.2 Å². The first kappa shape index (κ1) is 24.8. The largest absolute Gasteiger partial charge is 0.464 e. The van der Waals surface area contributed by atoms with E-state index in [1.807, 2.05) is 0 Å². The molecule has 1 aromatic carbocycles. The van der Waals surface area contributed by atoms with Gasteiger partial charge in [-0.25, -0.2) is 9.59 Å². The summed E-state index contributed by atoms with van der Waals surface area (Å²) in [5.41, 5.74) is 0.670. The molecule has 29 heavy (non-hydrogen) atoms. The first-order chi connectivity index (χ1) is 13.9. The van der Waals surface area contributed by atoms with Gasteiger partial charge >= 0.3 is 11.9 Å². The summed E-state index contributed by atoms with van der Waals surface area (Å²) < 4.78 is 9.80. The topological polar surface area (TPSA) is 111 Å². The van der Waals surface area contributed by atoms with Gasteiger partial charge in [-0.3, -0.25) is 9.59 Å². The second-order valence-electron chi connectivity index (χ2n) is 5.85. The summed E-state index contributed by atoms with van der Waals surface area (Å²) in [5, 5.41) is 5.11. The molecule has 2 unspecified atom stereocenters. The normalized spacial score (nSPS) is 12.4. The van der Waals surface area contributed by atoms with Crippen molar-refractivity contribution in [2.45, 2.75) is 32.4 Å². The van der Waals surface area contributed by atoms with Crippen LogP contribution in [-0.4, -0.2) is 60.6 Å². The second-order valence-corrected chi connectivity index (χ2v) is 6.58. The van der Waals surface area contributed by atoms with E-state index in [4.69, 9.17) is 9.47 Å². The molecule has 0 aliphatic carbocycles. The number of esters is 2. The maximum absolute atomic E-state index is 12.6. The van der Waals surface area contributed by atoms with E-state index >= 15 is 0 Å². The summed E-state index contributed by atoms with van der Waals surface area (Å²) in [6.07, 6.45) is -0.141. The average molecular weight is 443 g/mol. The summed E-state index contributed by atoms with van der Waals surface area (Å²) in [4.78, 5) is 48.7. The molecular weight excluding hydrogens is 416 g/mol. The molecule has 10 heteroatoms. The average Bonchev–Trinajstić information content (AvgIpc) is 2.70. The van der Waals surface area contributed by atoms with Crippen molar-refractivity contribution in [1.29, 1.82) is 0 Å². The maximum atomic E-state index is 12.6. The minimum atomic E-state index is -0.912. The molecule has 0 heterocycles. The number of rotatable bonds is 11. The third kappa shape index (κ3) is 7.98. The summed E-state index contributed by atoms with van der Waals surface area (Å²) in [7, 11) is 0. The van der Waals surface area contributed by atoms with E-state index in [1.54, 1.807) is 38.1 Å². The molecule has 0 bridgehead atoms. The van der Waals surface area contributed by atoms with Gasteiger partial charge in [0.25, 0.3) is 5.91 Å². The monoisotopic (exact) mass is 442 g/mol. The number of carbonyl (C=O) groups excluding carboxylic acids is 4. The Labute approximate surface area is 180 Å². The number of carbonyl (C=O) groups is 4. The van der Waals surface area contributed by atoms with Gasteiger partial charge < -0.3 is 20.1 Å². The molecule has 2 N–H and O–H groups in total. The molecule has 8 nitrogen and oxygen atoms in total. The van der Waals surface area contributed by atoms with Crippen molar-refractivity contribution in [2.24, 2.45) is 0 Å². The van der Waals surface area contributed by atoms with Gasteiger partial charge in [-0.2, -0.15) is 25.3 Å². The van der Waals surface area contributed by atoms with Crippen LogP contribution in [0.1, 0.15) is 29.8 Å². The Kier molecular flexibility index (Phi) is 11.2. The van der Waals surface area contributed by atoms with Crippen LogP contribution >= 0.6 is 25.3 Å². The Hall–Kier alpha value is -2.20. The predicted molar refractivity (Wildman–Crippen MR) is 114 cm³/mol. The number of amides is 2. The molecule has 0 aromatic heterocycles. The number of hydrogen-bond acceptors (Lipinski definition) is 8. The fraction of sp³-hybridized carbons (Fsp3) is 0.474. The minimum absolute atomic E-state index is 0.0659. The van der Waals surface area contributed by atoms with Gasteiger partial charge in [-0.15, -0.1) is 0 Å². The van der Waals surface area contributed by atoms with E-state index in [2.05, 4.69) is 35.9 Å². The van der Waals surface area contributed by atoms with Crippen LogP contribution in [0.25, 0.3) is 0 Å². The number of thiol groups is 2. The molecule has 1 aromatic rings. The molecule has 0 aliphatic rings. The van der Waals surface area contributed by atoms with E-state index < -0.39 is 35.8 Å². The third-order valence-electron chi connectivity index (χ3n) is 3.76. The molecule has 0 aliphatic heterocycles. The van der Waals surface area contributed by atoms with Crippen molar-refractivity contribution in [2.75, 3.05) is 24.7 Å². The smallest absolute Gasteiger partial charge is 0.329 e. The molecule has 0 saturated carbocycles. The first-order valence-electron chi connectivity index (χ1n) is 9.10. The molecular formula is C19H26N2O6S2. The SMILES string of the molecule is CCOC(=O)C(CS)NC(=O)Cc1ccccc1C(=O)NC(CS)C(=O)OCC. The van der Waals surface area contributed by atoms with Crippen LogP contribution in [0, 0.1) is 0 Å². The quantitative estimate of drug-likeness (QED) is 0.298. The number of ether oxygens (including phenoxy) is 2. The fourth-order valence-electron chi connectivity index (χ4n) is 2.39. The van der Waals surface area contributed by atoms with Crippen molar-refractivity contribution < 1.29 is 28.7 Å². The highest BCUT2D eigenvalue weighted by Gasteiger charge is 2.24. The lowest BCUT2D eigenvalue weighted by Gasteiger charge is -2.17. The molecule has 160 valence electrons. The minimum Gasteiger partial charge on any atom is -0.464 e. The molecule has 2 atom stereocenters. The standard InChI is InChI=1S/C19H26N2O6S2/c1-3-26-18(24)14(10-28)20-16(22)9-12-7-5-6-8-13(12)17(23)21-15(11-29)19(25)27-4-2/h5-8,14-15,28-29H,3-4,9-11H2,1-2H3,(H,20,22)(H,21,23). The van der Waals surface area contributed by atoms with E-state index in [-0.39, 0.29) is 36.7 Å². The van der Waals surface area contributed by atoms with Gasteiger partial charge in [0.2, 0.25) is 5.91 Å². The lowest BCUT2D eigenvalue weighted by molar-refractivity contribution is -0.146. The van der Waals surface area contributed by atoms with Crippen molar-refractivity contribution in [3.05, 3.63) is 35.4 Å². The highest BCUT2D eigenvalue weighted by molar-refractivity contribution is 7.80. The van der Waals surface area contributed by atoms with E-state index in [0.29, 0.717) is 5.56 Å². The highest BCUT2D eigenvalue weighted by atomic mass is 32.1. The third-order valence-corrected chi connectivity index (χ3v) is 4.49. The van der Waals surface area contributed by atoms with Crippen molar-refractivity contribution >= 4 is 49.0 Å². The van der Waals surface area contributed by atoms with Crippen LogP contribution in [-0.2, 0) is 30.3 Å². The van der Waals surface area contributed by atoms with Crippen LogP contribution in [0.4, 0.5) is 0 Å². The van der Waals surface area contributed by atoms with Gasteiger partial charge in [0.05, 0.1) is 19.6 Å². The lowest BCUT2D eigenvalue weighted by atomic mass is 10.0. The van der Waals surface area contributed by atoms with Crippen LogP contribution < -0.4 is 10.6 Å². The van der Waals surface area contributed by atoms with Crippen LogP contribution in [0.5, 0.6) is 0 Å². The van der Waals surface area contributed by atoms with Gasteiger partial charge in [-0.05, 0) is 25.5 Å². The molecule has 1 rings (SSSR count).